The van der Waals surface area contributed by atoms with E-state index in [2.05, 4.69) is 0 Å². The molecular formula is C19H28O4. The molecule has 0 amide bonds. The molecule has 0 bridgehead atoms. The summed E-state index contributed by atoms with van der Waals surface area (Å²) in [5.74, 6) is -0.493. The fraction of sp³-hybridized carbons (Fsp3) is 0.632. The van der Waals surface area contributed by atoms with Gasteiger partial charge in [0.25, 0.3) is 0 Å². The van der Waals surface area contributed by atoms with Gasteiger partial charge in [-0.15, -0.1) is 0 Å². The number of hydrogen-bond acceptors (Lipinski definition) is 4. The number of benzene rings is 1. The van der Waals surface area contributed by atoms with Crippen LogP contribution in [0.25, 0.3) is 0 Å². The summed E-state index contributed by atoms with van der Waals surface area (Å²) in [5.41, 5.74) is 0.459. The van der Waals surface area contributed by atoms with E-state index >= 15 is 0 Å². The fourth-order valence-corrected chi connectivity index (χ4v) is 2.57. The van der Waals surface area contributed by atoms with Gasteiger partial charge in [-0.25, -0.2) is 0 Å². The van der Waals surface area contributed by atoms with Crippen LogP contribution in [0.4, 0.5) is 0 Å². The van der Waals surface area contributed by atoms with Gasteiger partial charge in [0.05, 0.1) is 5.92 Å². The molecule has 0 aromatic heterocycles. The predicted octanol–water partition coefficient (Wildman–Crippen LogP) is 4.05. The molecule has 1 heterocycles. The lowest BCUT2D eigenvalue weighted by atomic mass is 10.0. The zero-order chi connectivity index (χ0) is 16.7. The molecule has 1 aromatic carbocycles. The van der Waals surface area contributed by atoms with Gasteiger partial charge >= 0.3 is 5.97 Å². The summed E-state index contributed by atoms with van der Waals surface area (Å²) in [6.07, 6.45) is 3.70. The van der Waals surface area contributed by atoms with E-state index in [1.54, 1.807) is 0 Å². The summed E-state index contributed by atoms with van der Waals surface area (Å²) < 4.78 is 17.2. The average molecular weight is 320 g/mol. The maximum absolute atomic E-state index is 12.3. The topological polar surface area (TPSA) is 44.8 Å². The lowest BCUT2D eigenvalue weighted by molar-refractivity contribution is -0.233. The predicted molar refractivity (Wildman–Crippen MR) is 89.2 cm³/mol. The van der Waals surface area contributed by atoms with E-state index in [1.165, 1.54) is 0 Å². The zero-order valence-corrected chi connectivity index (χ0v) is 14.4. The maximum Gasteiger partial charge on any atom is 0.313 e. The number of carbonyl (C=O) groups is 1. The molecule has 4 heteroatoms. The van der Waals surface area contributed by atoms with Crippen LogP contribution in [0.1, 0.15) is 57.9 Å². The highest BCUT2D eigenvalue weighted by Gasteiger charge is 2.31. The Balaban J connectivity index is 1.87. The third-order valence-electron chi connectivity index (χ3n) is 4.47. The van der Waals surface area contributed by atoms with Crippen molar-refractivity contribution in [2.75, 3.05) is 13.2 Å². The first-order valence-corrected chi connectivity index (χ1v) is 8.55. The molecule has 1 aromatic rings. The van der Waals surface area contributed by atoms with Crippen molar-refractivity contribution in [1.29, 1.82) is 0 Å². The van der Waals surface area contributed by atoms with Crippen molar-refractivity contribution in [3.8, 4) is 0 Å². The van der Waals surface area contributed by atoms with Gasteiger partial charge in [0.1, 0.15) is 12.2 Å². The monoisotopic (exact) mass is 320 g/mol. The molecule has 0 aliphatic carbocycles. The lowest BCUT2D eigenvalue weighted by Crippen LogP contribution is -2.40. The van der Waals surface area contributed by atoms with E-state index in [9.17, 15) is 4.79 Å². The standard InChI is InChI=1S/C19H28O4/c1-4-19(3,23-17-12-8-9-13-21-17)14-22-18(20)15(2)16-10-6-5-7-11-16/h5-7,10-11,15,17H,4,8-9,12-14H2,1-3H3/t15-,17?,19+/m0/s1. The number of hydrogen-bond donors (Lipinski definition) is 0. The molecule has 0 spiro atoms. The van der Waals surface area contributed by atoms with Crippen LogP contribution in [-0.4, -0.2) is 31.1 Å². The second-order valence-corrected chi connectivity index (χ2v) is 6.46. The minimum Gasteiger partial charge on any atom is -0.462 e. The Morgan fingerprint density at radius 2 is 2.09 bits per heavy atom. The summed E-state index contributed by atoms with van der Waals surface area (Å²) in [6, 6.07) is 9.68. The van der Waals surface area contributed by atoms with E-state index in [1.807, 2.05) is 51.1 Å². The van der Waals surface area contributed by atoms with E-state index in [0.29, 0.717) is 0 Å². The van der Waals surface area contributed by atoms with Crippen molar-refractivity contribution in [3.05, 3.63) is 35.9 Å². The first-order chi connectivity index (χ1) is 11.0. The summed E-state index contributed by atoms with van der Waals surface area (Å²) >= 11 is 0. The Labute approximate surface area is 139 Å². The van der Waals surface area contributed by atoms with Crippen molar-refractivity contribution < 1.29 is 19.0 Å². The van der Waals surface area contributed by atoms with Gasteiger partial charge in [-0.2, -0.15) is 0 Å². The minimum atomic E-state index is -0.506. The average Bonchev–Trinajstić information content (AvgIpc) is 2.60. The molecular weight excluding hydrogens is 292 g/mol. The van der Waals surface area contributed by atoms with Crippen molar-refractivity contribution in [3.63, 3.8) is 0 Å². The summed E-state index contributed by atoms with van der Waals surface area (Å²) in [4.78, 5) is 12.3. The van der Waals surface area contributed by atoms with Crippen LogP contribution in [0.5, 0.6) is 0 Å². The van der Waals surface area contributed by atoms with Gasteiger partial charge in [0, 0.05) is 6.61 Å². The van der Waals surface area contributed by atoms with E-state index in [-0.39, 0.29) is 24.8 Å². The Kier molecular flexibility index (Phi) is 6.60. The molecule has 1 unspecified atom stereocenters. The zero-order valence-electron chi connectivity index (χ0n) is 14.4. The lowest BCUT2D eigenvalue weighted by Gasteiger charge is -2.34. The molecule has 1 saturated heterocycles. The largest absolute Gasteiger partial charge is 0.462 e. The Morgan fingerprint density at radius 1 is 1.35 bits per heavy atom. The highest BCUT2D eigenvalue weighted by atomic mass is 16.7. The second-order valence-electron chi connectivity index (χ2n) is 6.46. The number of esters is 1. The van der Waals surface area contributed by atoms with Crippen LogP contribution in [0.3, 0.4) is 0 Å². The molecule has 2 rings (SSSR count). The molecule has 0 N–H and O–H groups in total. The van der Waals surface area contributed by atoms with Crippen LogP contribution >= 0.6 is 0 Å². The molecule has 0 saturated carbocycles. The van der Waals surface area contributed by atoms with Gasteiger partial charge in [0.2, 0.25) is 0 Å². The smallest absolute Gasteiger partial charge is 0.313 e. The first-order valence-electron chi connectivity index (χ1n) is 8.55. The van der Waals surface area contributed by atoms with Crippen LogP contribution in [0.15, 0.2) is 30.3 Å². The summed E-state index contributed by atoms with van der Waals surface area (Å²) in [5, 5.41) is 0. The fourth-order valence-electron chi connectivity index (χ4n) is 2.57. The van der Waals surface area contributed by atoms with Gasteiger partial charge in [0.15, 0.2) is 6.29 Å². The third kappa shape index (κ3) is 5.33. The molecule has 0 radical (unpaired) electrons. The number of rotatable bonds is 7. The molecule has 3 atom stereocenters. The van der Waals surface area contributed by atoms with Gasteiger partial charge in [-0.3, -0.25) is 4.79 Å². The van der Waals surface area contributed by atoms with Crippen LogP contribution in [0.2, 0.25) is 0 Å². The van der Waals surface area contributed by atoms with E-state index in [0.717, 1.165) is 37.9 Å². The minimum absolute atomic E-state index is 0.182. The van der Waals surface area contributed by atoms with E-state index in [4.69, 9.17) is 14.2 Å². The second kappa shape index (κ2) is 8.46. The third-order valence-corrected chi connectivity index (χ3v) is 4.47. The van der Waals surface area contributed by atoms with Crippen LogP contribution < -0.4 is 0 Å². The summed E-state index contributed by atoms with van der Waals surface area (Å²) in [6.45, 7) is 6.88. The van der Waals surface area contributed by atoms with Crippen molar-refractivity contribution in [2.24, 2.45) is 0 Å². The van der Waals surface area contributed by atoms with Crippen LogP contribution in [0, 0.1) is 0 Å². The van der Waals surface area contributed by atoms with Gasteiger partial charge in [-0.1, -0.05) is 37.3 Å². The normalized spacial score (nSPS) is 22.1. The number of ether oxygens (including phenoxy) is 3. The van der Waals surface area contributed by atoms with E-state index < -0.39 is 5.60 Å². The Morgan fingerprint density at radius 3 is 2.70 bits per heavy atom. The van der Waals surface area contributed by atoms with Crippen molar-refractivity contribution >= 4 is 5.97 Å². The molecule has 1 fully saturated rings. The molecule has 1 aliphatic heterocycles. The molecule has 128 valence electrons. The molecule has 23 heavy (non-hydrogen) atoms. The SMILES string of the molecule is CC[C@](C)(COC(=O)[C@@H](C)c1ccccc1)OC1CCCCO1. The Hall–Kier alpha value is -1.39. The van der Waals surface area contributed by atoms with Crippen molar-refractivity contribution in [2.45, 2.75) is 64.3 Å². The number of carbonyl (C=O) groups excluding carboxylic acids is 1. The van der Waals surface area contributed by atoms with Crippen molar-refractivity contribution in [1.82, 2.24) is 0 Å². The van der Waals surface area contributed by atoms with Gasteiger partial charge < -0.3 is 14.2 Å². The Bertz CT molecular complexity index is 481. The first kappa shape index (κ1) is 18.0. The quantitative estimate of drug-likeness (QED) is 0.711. The molecule has 4 nitrogen and oxygen atoms in total. The maximum atomic E-state index is 12.3. The molecule has 1 aliphatic rings. The highest BCUT2D eigenvalue weighted by Crippen LogP contribution is 2.25. The highest BCUT2D eigenvalue weighted by molar-refractivity contribution is 5.77. The van der Waals surface area contributed by atoms with Crippen LogP contribution in [-0.2, 0) is 19.0 Å². The summed E-state index contributed by atoms with van der Waals surface area (Å²) in [7, 11) is 0. The van der Waals surface area contributed by atoms with Gasteiger partial charge in [-0.05, 0) is 45.1 Å².